The van der Waals surface area contributed by atoms with Gasteiger partial charge in [-0.25, -0.2) is 18.6 Å². The van der Waals surface area contributed by atoms with E-state index in [9.17, 15) is 13.6 Å². The number of benzene rings is 1. The van der Waals surface area contributed by atoms with E-state index in [2.05, 4.69) is 20.3 Å². The molecule has 0 aliphatic rings. The summed E-state index contributed by atoms with van der Waals surface area (Å²) in [5, 5.41) is 2.99. The normalized spacial score (nSPS) is 11.1. The van der Waals surface area contributed by atoms with Crippen LogP contribution in [0.3, 0.4) is 0 Å². The molecule has 126 valence electrons. The van der Waals surface area contributed by atoms with Gasteiger partial charge in [0.05, 0.1) is 12.7 Å². The minimum atomic E-state index is -0.590. The lowest BCUT2D eigenvalue weighted by atomic mass is 10.2. The lowest BCUT2D eigenvalue weighted by Crippen LogP contribution is -2.18. The van der Waals surface area contributed by atoms with Crippen LogP contribution >= 0.6 is 0 Å². The highest BCUT2D eigenvalue weighted by atomic mass is 19.1. The van der Waals surface area contributed by atoms with Crippen LogP contribution in [0, 0.1) is 11.6 Å². The van der Waals surface area contributed by atoms with Crippen LogP contribution < -0.4 is 16.7 Å². The van der Waals surface area contributed by atoms with Gasteiger partial charge in [-0.15, -0.1) is 0 Å². The molecule has 3 rings (SSSR count). The summed E-state index contributed by atoms with van der Waals surface area (Å²) in [5.74, 6) is -0.825. The summed E-state index contributed by atoms with van der Waals surface area (Å²) in [4.78, 5) is 23.1. The van der Waals surface area contributed by atoms with E-state index in [0.29, 0.717) is 30.2 Å². The van der Waals surface area contributed by atoms with Crippen molar-refractivity contribution in [2.24, 2.45) is 5.73 Å². The van der Waals surface area contributed by atoms with Crippen molar-refractivity contribution in [1.29, 1.82) is 0 Å². The topological polar surface area (TPSA) is 102 Å². The Morgan fingerprint density at radius 1 is 1.33 bits per heavy atom. The molecule has 24 heavy (non-hydrogen) atoms. The predicted molar refractivity (Wildman–Crippen MR) is 85.8 cm³/mol. The van der Waals surface area contributed by atoms with Crippen LogP contribution in [0.1, 0.15) is 12.0 Å². The van der Waals surface area contributed by atoms with E-state index >= 15 is 0 Å². The van der Waals surface area contributed by atoms with Crippen LogP contribution in [0.2, 0.25) is 0 Å². The van der Waals surface area contributed by atoms with Gasteiger partial charge in [0.25, 0.3) is 0 Å². The standard InChI is InChI=1S/C15H16F2N6O/c16-10-2-3-11(17)9(6-10)8-23-13-12(21-15(23)24)7-20-14(22-13)19-5-1-4-18/h2-3,6-7H,1,4-5,8,18H2,(H,21,24)(H,19,20,22). The molecular weight excluding hydrogens is 318 g/mol. The number of aromatic amines is 1. The number of fused-ring (bicyclic) bond motifs is 1. The van der Waals surface area contributed by atoms with E-state index in [0.717, 1.165) is 24.6 Å². The number of nitrogens with two attached hydrogens (primary N) is 1. The van der Waals surface area contributed by atoms with Crippen LogP contribution in [0.4, 0.5) is 14.7 Å². The number of halogens is 2. The molecule has 7 nitrogen and oxygen atoms in total. The minimum Gasteiger partial charge on any atom is -0.354 e. The largest absolute Gasteiger partial charge is 0.354 e. The second-order valence-corrected chi connectivity index (χ2v) is 5.25. The maximum atomic E-state index is 13.8. The van der Waals surface area contributed by atoms with Gasteiger partial charge >= 0.3 is 5.69 Å². The summed E-state index contributed by atoms with van der Waals surface area (Å²) in [6, 6.07) is 3.11. The molecule has 9 heteroatoms. The lowest BCUT2D eigenvalue weighted by molar-refractivity contribution is 0.576. The van der Waals surface area contributed by atoms with Crippen molar-refractivity contribution in [3.05, 3.63) is 52.1 Å². The number of rotatable bonds is 6. The summed E-state index contributed by atoms with van der Waals surface area (Å²) in [6.45, 7) is 0.986. The van der Waals surface area contributed by atoms with Crippen LogP contribution in [-0.4, -0.2) is 32.6 Å². The molecule has 3 aromatic rings. The highest BCUT2D eigenvalue weighted by Crippen LogP contribution is 2.14. The molecular formula is C15H16F2N6O. The first kappa shape index (κ1) is 16.1. The zero-order valence-electron chi connectivity index (χ0n) is 12.7. The van der Waals surface area contributed by atoms with Crippen molar-refractivity contribution in [2.45, 2.75) is 13.0 Å². The van der Waals surface area contributed by atoms with Crippen molar-refractivity contribution < 1.29 is 8.78 Å². The van der Waals surface area contributed by atoms with Gasteiger partial charge in [0.15, 0.2) is 5.65 Å². The molecule has 0 radical (unpaired) electrons. The smallest absolute Gasteiger partial charge is 0.328 e. The summed E-state index contributed by atoms with van der Waals surface area (Å²) >= 11 is 0. The third-order valence-electron chi connectivity index (χ3n) is 3.51. The van der Waals surface area contributed by atoms with Gasteiger partial charge in [0.1, 0.15) is 17.2 Å². The van der Waals surface area contributed by atoms with E-state index in [1.807, 2.05) is 0 Å². The number of anilines is 1. The second-order valence-electron chi connectivity index (χ2n) is 5.25. The highest BCUT2D eigenvalue weighted by molar-refractivity contribution is 5.71. The van der Waals surface area contributed by atoms with E-state index in [4.69, 9.17) is 5.73 Å². The number of nitrogens with zero attached hydrogens (tertiary/aromatic N) is 3. The van der Waals surface area contributed by atoms with E-state index in [1.165, 1.54) is 10.8 Å². The summed E-state index contributed by atoms with van der Waals surface area (Å²) in [6.07, 6.45) is 2.21. The number of imidazole rings is 1. The molecule has 0 spiro atoms. The summed E-state index contributed by atoms with van der Waals surface area (Å²) in [7, 11) is 0. The van der Waals surface area contributed by atoms with E-state index in [1.54, 1.807) is 0 Å². The number of hydrogen-bond donors (Lipinski definition) is 3. The average Bonchev–Trinajstić information content (AvgIpc) is 2.87. The van der Waals surface area contributed by atoms with Crippen molar-refractivity contribution in [2.75, 3.05) is 18.4 Å². The van der Waals surface area contributed by atoms with Crippen molar-refractivity contribution >= 4 is 17.1 Å². The fourth-order valence-electron chi connectivity index (χ4n) is 2.31. The quantitative estimate of drug-likeness (QED) is 0.588. The Bertz CT molecular complexity index is 920. The third-order valence-corrected chi connectivity index (χ3v) is 3.51. The molecule has 2 heterocycles. The predicted octanol–water partition coefficient (Wildman–Crippen LogP) is 1.21. The SMILES string of the molecule is NCCCNc1ncc2[nH]c(=O)n(Cc3cc(F)ccc3F)c2n1. The Kier molecular flexibility index (Phi) is 4.52. The molecule has 0 aliphatic heterocycles. The Morgan fingerprint density at radius 3 is 2.96 bits per heavy atom. The average molecular weight is 334 g/mol. The van der Waals surface area contributed by atoms with Crippen molar-refractivity contribution in [1.82, 2.24) is 19.5 Å². The Morgan fingerprint density at radius 2 is 2.17 bits per heavy atom. The molecule has 2 aromatic heterocycles. The Labute approximate surface area is 135 Å². The maximum Gasteiger partial charge on any atom is 0.328 e. The van der Waals surface area contributed by atoms with E-state index in [-0.39, 0.29) is 12.1 Å². The van der Waals surface area contributed by atoms with Gasteiger partial charge in [-0.05, 0) is 31.2 Å². The number of H-pyrrole nitrogens is 1. The van der Waals surface area contributed by atoms with Gasteiger partial charge in [-0.1, -0.05) is 0 Å². The first-order valence-corrected chi connectivity index (χ1v) is 7.42. The highest BCUT2D eigenvalue weighted by Gasteiger charge is 2.13. The molecule has 0 fully saturated rings. The van der Waals surface area contributed by atoms with Crippen molar-refractivity contribution in [3.63, 3.8) is 0 Å². The van der Waals surface area contributed by atoms with Gasteiger partial charge in [0, 0.05) is 12.1 Å². The van der Waals surface area contributed by atoms with Crippen LogP contribution in [0.25, 0.3) is 11.2 Å². The molecule has 0 unspecified atom stereocenters. The van der Waals surface area contributed by atoms with Gasteiger partial charge in [-0.2, -0.15) is 4.98 Å². The zero-order valence-corrected chi connectivity index (χ0v) is 12.7. The molecule has 0 amide bonds. The van der Waals surface area contributed by atoms with Crippen LogP contribution in [0.5, 0.6) is 0 Å². The van der Waals surface area contributed by atoms with Crippen molar-refractivity contribution in [3.8, 4) is 0 Å². The Hall–Kier alpha value is -2.81. The number of nitrogens with one attached hydrogen (secondary N) is 2. The molecule has 0 bridgehead atoms. The summed E-state index contributed by atoms with van der Waals surface area (Å²) in [5.41, 5.74) is 5.75. The first-order chi connectivity index (χ1) is 11.6. The summed E-state index contributed by atoms with van der Waals surface area (Å²) < 4.78 is 28.4. The fraction of sp³-hybridized carbons (Fsp3) is 0.267. The Balaban J connectivity index is 1.97. The number of hydrogen-bond acceptors (Lipinski definition) is 5. The van der Waals surface area contributed by atoms with Gasteiger partial charge in [0.2, 0.25) is 5.95 Å². The monoisotopic (exact) mass is 334 g/mol. The van der Waals surface area contributed by atoms with Crippen LogP contribution in [-0.2, 0) is 6.54 Å². The number of aromatic nitrogens is 4. The molecule has 4 N–H and O–H groups in total. The van der Waals surface area contributed by atoms with E-state index < -0.39 is 17.3 Å². The lowest BCUT2D eigenvalue weighted by Gasteiger charge is -2.06. The van der Waals surface area contributed by atoms with Crippen LogP contribution in [0.15, 0.2) is 29.2 Å². The molecule has 0 aliphatic carbocycles. The maximum absolute atomic E-state index is 13.8. The first-order valence-electron chi connectivity index (χ1n) is 7.42. The second kappa shape index (κ2) is 6.75. The molecule has 1 aromatic carbocycles. The minimum absolute atomic E-state index is 0.0641. The van der Waals surface area contributed by atoms with Gasteiger partial charge in [-0.3, -0.25) is 4.57 Å². The zero-order chi connectivity index (χ0) is 17.1. The van der Waals surface area contributed by atoms with Gasteiger partial charge < -0.3 is 16.0 Å². The molecule has 0 atom stereocenters. The molecule has 0 saturated carbocycles. The molecule has 0 saturated heterocycles. The fourth-order valence-corrected chi connectivity index (χ4v) is 2.31. The third kappa shape index (κ3) is 3.25.